The predicted octanol–water partition coefficient (Wildman–Crippen LogP) is 2.47. The summed E-state index contributed by atoms with van der Waals surface area (Å²) in [6, 6.07) is 2.10. The highest BCUT2D eigenvalue weighted by molar-refractivity contribution is 5.98. The molecule has 2 aliphatic rings. The molecule has 3 heterocycles. The van der Waals surface area contributed by atoms with E-state index in [2.05, 4.69) is 15.3 Å². The maximum absolute atomic E-state index is 12.9. The molecule has 1 aliphatic heterocycles. The third-order valence-corrected chi connectivity index (χ3v) is 5.53. The lowest BCUT2D eigenvalue weighted by Crippen LogP contribution is -2.33. The minimum absolute atomic E-state index is 0.0226. The minimum Gasteiger partial charge on any atom is -0.481 e. The Morgan fingerprint density at radius 3 is 2.89 bits per heavy atom. The van der Waals surface area contributed by atoms with Crippen LogP contribution in [0.1, 0.15) is 70.5 Å². The van der Waals surface area contributed by atoms with Gasteiger partial charge in [0.25, 0.3) is 11.8 Å². The third-order valence-electron chi connectivity index (χ3n) is 5.53. The molecule has 4 rings (SSSR count). The van der Waals surface area contributed by atoms with Gasteiger partial charge in [-0.05, 0) is 18.9 Å². The number of rotatable bonds is 6. The van der Waals surface area contributed by atoms with Crippen LogP contribution >= 0.6 is 0 Å². The number of carbonyl (C=O) groups excluding carboxylic acids is 2. The Kier molecular flexibility index (Phi) is 5.02. The molecule has 8 heteroatoms. The van der Waals surface area contributed by atoms with Gasteiger partial charge in [0.1, 0.15) is 5.76 Å². The fourth-order valence-corrected chi connectivity index (χ4v) is 4.05. The number of carbonyl (C=O) groups is 2. The van der Waals surface area contributed by atoms with E-state index >= 15 is 0 Å². The molecule has 2 aromatic heterocycles. The van der Waals surface area contributed by atoms with Crippen LogP contribution in [0.15, 0.2) is 16.9 Å². The van der Waals surface area contributed by atoms with Crippen LogP contribution in [0.2, 0.25) is 0 Å². The van der Waals surface area contributed by atoms with Gasteiger partial charge in [-0.2, -0.15) is 0 Å². The highest BCUT2D eigenvalue weighted by Crippen LogP contribution is 2.33. The van der Waals surface area contributed by atoms with Gasteiger partial charge in [-0.3, -0.25) is 9.59 Å². The Labute approximate surface area is 163 Å². The molecule has 0 atom stereocenters. The van der Waals surface area contributed by atoms with E-state index in [0.717, 1.165) is 18.5 Å². The van der Waals surface area contributed by atoms with E-state index in [1.165, 1.54) is 19.2 Å². The Balaban J connectivity index is 1.52. The van der Waals surface area contributed by atoms with Crippen molar-refractivity contribution in [2.24, 2.45) is 0 Å². The van der Waals surface area contributed by atoms with Crippen LogP contribution in [0.5, 0.6) is 5.88 Å². The van der Waals surface area contributed by atoms with Gasteiger partial charge in [-0.1, -0.05) is 19.8 Å². The summed E-state index contributed by atoms with van der Waals surface area (Å²) >= 11 is 0. The van der Waals surface area contributed by atoms with E-state index in [1.54, 1.807) is 13.2 Å². The van der Waals surface area contributed by atoms with Gasteiger partial charge < -0.3 is 19.4 Å². The van der Waals surface area contributed by atoms with Crippen LogP contribution in [0, 0.1) is 0 Å². The smallest absolute Gasteiger partial charge is 0.273 e. The highest BCUT2D eigenvalue weighted by atomic mass is 16.5. The van der Waals surface area contributed by atoms with Crippen LogP contribution in [-0.2, 0) is 19.5 Å². The van der Waals surface area contributed by atoms with Gasteiger partial charge in [0.15, 0.2) is 12.1 Å². The maximum atomic E-state index is 12.9. The molecule has 1 N–H and O–H groups in total. The second-order valence-corrected chi connectivity index (χ2v) is 7.18. The van der Waals surface area contributed by atoms with Crippen molar-refractivity contribution in [1.82, 2.24) is 20.2 Å². The summed E-state index contributed by atoms with van der Waals surface area (Å²) in [6.45, 7) is 2.61. The molecule has 0 saturated heterocycles. The number of oxazole rings is 1. The molecule has 1 fully saturated rings. The number of fused-ring (bicyclic) bond motifs is 1. The van der Waals surface area contributed by atoms with Crippen molar-refractivity contribution in [2.75, 3.05) is 7.11 Å². The standard InChI is InChI=1S/C20H24N4O4/c1-3-16-17(22-11-28-16)18(25)21-9-12-8-14-15(23-19(12)27-2)10-24(20(14)26)13-6-4-5-7-13/h8,11,13H,3-7,9-10H2,1-2H3,(H,21,25). The average molecular weight is 384 g/mol. The number of hydrogen-bond acceptors (Lipinski definition) is 6. The molecule has 28 heavy (non-hydrogen) atoms. The molecule has 0 radical (unpaired) electrons. The molecule has 0 unspecified atom stereocenters. The van der Waals surface area contributed by atoms with Gasteiger partial charge in [0.2, 0.25) is 5.88 Å². The summed E-state index contributed by atoms with van der Waals surface area (Å²) in [4.78, 5) is 35.7. The number of methoxy groups -OCH3 is 1. The number of nitrogens with zero attached hydrogens (tertiary/aromatic N) is 3. The molecule has 2 aromatic rings. The van der Waals surface area contributed by atoms with Gasteiger partial charge in [-0.15, -0.1) is 0 Å². The number of pyridine rings is 1. The Bertz CT molecular complexity index is 902. The monoisotopic (exact) mass is 384 g/mol. The average Bonchev–Trinajstić information content (AvgIpc) is 3.45. The molecule has 1 aliphatic carbocycles. The zero-order chi connectivity index (χ0) is 19.7. The second kappa shape index (κ2) is 7.61. The SMILES string of the molecule is CCc1ocnc1C(=O)NCc1cc2c(nc1OC)CN(C1CCCC1)C2=O. The first kappa shape index (κ1) is 18.5. The number of hydrogen-bond donors (Lipinski definition) is 1. The lowest BCUT2D eigenvalue weighted by molar-refractivity contribution is 0.0706. The molecular formula is C20H24N4O4. The number of amides is 2. The zero-order valence-corrected chi connectivity index (χ0v) is 16.2. The first-order valence-electron chi connectivity index (χ1n) is 9.70. The van der Waals surface area contributed by atoms with E-state index in [4.69, 9.17) is 9.15 Å². The maximum Gasteiger partial charge on any atom is 0.273 e. The van der Waals surface area contributed by atoms with E-state index < -0.39 is 0 Å². The van der Waals surface area contributed by atoms with Crippen molar-refractivity contribution >= 4 is 11.8 Å². The largest absolute Gasteiger partial charge is 0.481 e. The van der Waals surface area contributed by atoms with Crippen LogP contribution in [0.4, 0.5) is 0 Å². The number of nitrogens with one attached hydrogen (secondary N) is 1. The number of aromatic nitrogens is 2. The summed E-state index contributed by atoms with van der Waals surface area (Å²) in [5.41, 5.74) is 2.29. The van der Waals surface area contributed by atoms with Crippen molar-refractivity contribution < 1.29 is 18.7 Å². The van der Waals surface area contributed by atoms with Crippen LogP contribution in [0.25, 0.3) is 0 Å². The van der Waals surface area contributed by atoms with Gasteiger partial charge >= 0.3 is 0 Å². The topological polar surface area (TPSA) is 97.6 Å². The summed E-state index contributed by atoms with van der Waals surface area (Å²) in [7, 11) is 1.54. The number of aryl methyl sites for hydroxylation is 1. The molecule has 8 nitrogen and oxygen atoms in total. The van der Waals surface area contributed by atoms with Crippen molar-refractivity contribution in [3.63, 3.8) is 0 Å². The van der Waals surface area contributed by atoms with E-state index in [-0.39, 0.29) is 24.1 Å². The molecule has 148 valence electrons. The summed E-state index contributed by atoms with van der Waals surface area (Å²) in [6.07, 6.45) is 6.29. The van der Waals surface area contributed by atoms with Crippen molar-refractivity contribution in [1.29, 1.82) is 0 Å². The fraction of sp³-hybridized carbons (Fsp3) is 0.500. The first-order chi connectivity index (χ1) is 13.6. The van der Waals surface area contributed by atoms with E-state index in [0.29, 0.717) is 41.8 Å². The highest BCUT2D eigenvalue weighted by Gasteiger charge is 2.36. The van der Waals surface area contributed by atoms with Crippen LogP contribution in [0.3, 0.4) is 0 Å². The Morgan fingerprint density at radius 2 is 2.18 bits per heavy atom. The van der Waals surface area contributed by atoms with Crippen LogP contribution < -0.4 is 10.1 Å². The van der Waals surface area contributed by atoms with Crippen molar-refractivity contribution in [3.05, 3.63) is 40.7 Å². The number of ether oxygens (including phenoxy) is 1. The fourth-order valence-electron chi connectivity index (χ4n) is 4.05. The Morgan fingerprint density at radius 1 is 1.39 bits per heavy atom. The summed E-state index contributed by atoms with van der Waals surface area (Å²) in [5, 5.41) is 2.82. The normalized spacial score (nSPS) is 16.5. The van der Waals surface area contributed by atoms with Crippen molar-refractivity contribution in [2.45, 2.75) is 58.2 Å². The molecule has 1 saturated carbocycles. The quantitative estimate of drug-likeness (QED) is 0.822. The predicted molar refractivity (Wildman–Crippen MR) is 100.0 cm³/mol. The second-order valence-electron chi connectivity index (χ2n) is 7.18. The van der Waals surface area contributed by atoms with Gasteiger partial charge in [0.05, 0.1) is 24.9 Å². The summed E-state index contributed by atoms with van der Waals surface area (Å²) in [5.74, 6) is 0.663. The van der Waals surface area contributed by atoms with Gasteiger partial charge in [0, 0.05) is 24.6 Å². The molecule has 0 spiro atoms. The van der Waals surface area contributed by atoms with Gasteiger partial charge in [-0.25, -0.2) is 9.97 Å². The Hall–Kier alpha value is -2.90. The first-order valence-corrected chi connectivity index (χ1v) is 9.70. The van der Waals surface area contributed by atoms with Crippen LogP contribution in [-0.4, -0.2) is 39.8 Å². The van der Waals surface area contributed by atoms with E-state index in [9.17, 15) is 9.59 Å². The van der Waals surface area contributed by atoms with Crippen molar-refractivity contribution in [3.8, 4) is 5.88 Å². The zero-order valence-electron chi connectivity index (χ0n) is 16.2. The minimum atomic E-state index is -0.327. The lowest BCUT2D eigenvalue weighted by atomic mass is 10.1. The lowest BCUT2D eigenvalue weighted by Gasteiger charge is -2.22. The summed E-state index contributed by atoms with van der Waals surface area (Å²) < 4.78 is 10.6. The molecular weight excluding hydrogens is 360 g/mol. The molecule has 0 aromatic carbocycles. The van der Waals surface area contributed by atoms with E-state index in [1.807, 2.05) is 11.8 Å². The molecule has 2 amide bonds. The third kappa shape index (κ3) is 3.23. The molecule has 0 bridgehead atoms.